The number of hydrogen-bond donors (Lipinski definition) is 1. The van der Waals surface area contributed by atoms with Crippen molar-refractivity contribution < 1.29 is 0 Å². The van der Waals surface area contributed by atoms with E-state index in [2.05, 4.69) is 32.3 Å². The third-order valence-corrected chi connectivity index (χ3v) is 2.90. The average molecular weight is 203 g/mol. The fourth-order valence-electron chi connectivity index (χ4n) is 1.43. The molecule has 1 N–H and O–H groups in total. The number of nitrogens with one attached hydrogen (secondary N) is 1. The van der Waals surface area contributed by atoms with Crippen molar-refractivity contribution in [2.24, 2.45) is 5.92 Å². The number of thioether (sulfide) groups is 1. The zero-order valence-corrected chi connectivity index (χ0v) is 10.4. The standard InChI is InChI=1S/C11H25NS/c1-5-12-11(8-9-13-4)7-6-10(2)3/h10-12H,5-9H2,1-4H3. The zero-order chi connectivity index (χ0) is 10.1. The third-order valence-electron chi connectivity index (χ3n) is 2.26. The summed E-state index contributed by atoms with van der Waals surface area (Å²) in [6.07, 6.45) is 6.20. The molecule has 1 atom stereocenters. The minimum atomic E-state index is 0.750. The van der Waals surface area contributed by atoms with Crippen LogP contribution in [0.1, 0.15) is 40.0 Å². The molecule has 0 aliphatic carbocycles. The van der Waals surface area contributed by atoms with Crippen molar-refractivity contribution in [1.29, 1.82) is 0 Å². The quantitative estimate of drug-likeness (QED) is 0.650. The molecule has 0 saturated carbocycles. The van der Waals surface area contributed by atoms with Crippen LogP contribution in [0.2, 0.25) is 0 Å². The van der Waals surface area contributed by atoms with E-state index in [1.807, 2.05) is 11.8 Å². The van der Waals surface area contributed by atoms with Crippen LogP contribution >= 0.6 is 11.8 Å². The Kier molecular flexibility index (Phi) is 9.10. The average Bonchev–Trinajstić information content (AvgIpc) is 2.09. The van der Waals surface area contributed by atoms with Gasteiger partial charge in [0.1, 0.15) is 0 Å². The van der Waals surface area contributed by atoms with Crippen LogP contribution in [-0.2, 0) is 0 Å². The van der Waals surface area contributed by atoms with Gasteiger partial charge in [-0.2, -0.15) is 11.8 Å². The van der Waals surface area contributed by atoms with E-state index in [9.17, 15) is 0 Å². The van der Waals surface area contributed by atoms with Crippen molar-refractivity contribution in [1.82, 2.24) is 5.32 Å². The van der Waals surface area contributed by atoms with Gasteiger partial charge in [0.05, 0.1) is 0 Å². The second-order valence-corrected chi connectivity index (χ2v) is 4.99. The first-order valence-electron chi connectivity index (χ1n) is 5.43. The molecule has 0 saturated heterocycles. The number of rotatable bonds is 8. The summed E-state index contributed by atoms with van der Waals surface area (Å²) in [6.45, 7) is 7.91. The molecule has 0 amide bonds. The molecule has 0 bridgehead atoms. The molecule has 0 spiro atoms. The lowest BCUT2D eigenvalue weighted by Gasteiger charge is -2.18. The summed E-state index contributed by atoms with van der Waals surface area (Å²) >= 11 is 1.95. The molecule has 2 heteroatoms. The van der Waals surface area contributed by atoms with Crippen molar-refractivity contribution >= 4 is 11.8 Å². The molecule has 13 heavy (non-hydrogen) atoms. The van der Waals surface area contributed by atoms with Crippen LogP contribution in [0.15, 0.2) is 0 Å². The molecule has 0 aromatic heterocycles. The van der Waals surface area contributed by atoms with Gasteiger partial charge < -0.3 is 5.32 Å². The second kappa shape index (κ2) is 8.89. The van der Waals surface area contributed by atoms with E-state index in [1.54, 1.807) is 0 Å². The van der Waals surface area contributed by atoms with Gasteiger partial charge in [0.2, 0.25) is 0 Å². The van der Waals surface area contributed by atoms with E-state index >= 15 is 0 Å². The monoisotopic (exact) mass is 203 g/mol. The lowest BCUT2D eigenvalue weighted by atomic mass is 10.0. The molecular formula is C11H25NS. The first kappa shape index (κ1) is 13.3. The summed E-state index contributed by atoms with van der Waals surface area (Å²) in [6, 6.07) is 0.750. The van der Waals surface area contributed by atoms with Crippen molar-refractivity contribution in [2.75, 3.05) is 18.6 Å². The van der Waals surface area contributed by atoms with Crippen LogP contribution in [0.5, 0.6) is 0 Å². The normalized spacial score (nSPS) is 13.6. The summed E-state index contributed by atoms with van der Waals surface area (Å²) < 4.78 is 0. The smallest absolute Gasteiger partial charge is 0.00748 e. The maximum absolute atomic E-state index is 3.56. The number of hydrogen-bond acceptors (Lipinski definition) is 2. The molecule has 0 fully saturated rings. The van der Waals surface area contributed by atoms with Crippen LogP contribution in [-0.4, -0.2) is 24.6 Å². The molecule has 0 aromatic rings. The lowest BCUT2D eigenvalue weighted by molar-refractivity contribution is 0.430. The van der Waals surface area contributed by atoms with E-state index < -0.39 is 0 Å². The van der Waals surface area contributed by atoms with Crippen LogP contribution < -0.4 is 5.32 Å². The van der Waals surface area contributed by atoms with Crippen molar-refractivity contribution in [3.05, 3.63) is 0 Å². The molecular weight excluding hydrogens is 178 g/mol. The van der Waals surface area contributed by atoms with Gasteiger partial charge in [0, 0.05) is 6.04 Å². The van der Waals surface area contributed by atoms with Gasteiger partial charge >= 0.3 is 0 Å². The molecule has 0 rings (SSSR count). The highest BCUT2D eigenvalue weighted by Gasteiger charge is 2.07. The van der Waals surface area contributed by atoms with Crippen LogP contribution in [0.25, 0.3) is 0 Å². The Bertz CT molecular complexity index is 104. The van der Waals surface area contributed by atoms with Gasteiger partial charge in [0.15, 0.2) is 0 Å². The zero-order valence-electron chi connectivity index (χ0n) is 9.60. The molecule has 0 aliphatic heterocycles. The van der Waals surface area contributed by atoms with Gasteiger partial charge in [0.25, 0.3) is 0 Å². The van der Waals surface area contributed by atoms with E-state index in [0.29, 0.717) is 0 Å². The predicted molar refractivity (Wildman–Crippen MR) is 64.5 cm³/mol. The van der Waals surface area contributed by atoms with Gasteiger partial charge in [-0.25, -0.2) is 0 Å². The van der Waals surface area contributed by atoms with E-state index in [4.69, 9.17) is 0 Å². The fourth-order valence-corrected chi connectivity index (χ4v) is 1.95. The van der Waals surface area contributed by atoms with Gasteiger partial charge in [-0.1, -0.05) is 20.8 Å². The summed E-state index contributed by atoms with van der Waals surface area (Å²) in [5.74, 6) is 2.13. The Morgan fingerprint density at radius 3 is 2.31 bits per heavy atom. The molecule has 0 heterocycles. The maximum atomic E-state index is 3.56. The minimum absolute atomic E-state index is 0.750. The first-order valence-corrected chi connectivity index (χ1v) is 6.82. The minimum Gasteiger partial charge on any atom is -0.314 e. The predicted octanol–water partition coefficient (Wildman–Crippen LogP) is 3.15. The highest BCUT2D eigenvalue weighted by Crippen LogP contribution is 2.11. The Hall–Kier alpha value is 0.310. The summed E-state index contributed by atoms with van der Waals surface area (Å²) in [5, 5.41) is 3.56. The summed E-state index contributed by atoms with van der Waals surface area (Å²) in [4.78, 5) is 0. The molecule has 1 nitrogen and oxygen atoms in total. The van der Waals surface area contributed by atoms with Gasteiger partial charge in [-0.3, -0.25) is 0 Å². The third kappa shape index (κ3) is 8.63. The van der Waals surface area contributed by atoms with Crippen molar-refractivity contribution in [3.63, 3.8) is 0 Å². The van der Waals surface area contributed by atoms with Crippen LogP contribution in [0, 0.1) is 5.92 Å². The Balaban J connectivity index is 3.53. The Labute approximate surface area is 88.1 Å². The molecule has 1 unspecified atom stereocenters. The molecule has 0 aliphatic rings. The molecule has 80 valence electrons. The van der Waals surface area contributed by atoms with Crippen molar-refractivity contribution in [3.8, 4) is 0 Å². The second-order valence-electron chi connectivity index (χ2n) is 4.01. The summed E-state index contributed by atoms with van der Waals surface area (Å²) in [5.41, 5.74) is 0. The highest BCUT2D eigenvalue weighted by molar-refractivity contribution is 7.98. The first-order chi connectivity index (χ1) is 6.20. The topological polar surface area (TPSA) is 12.0 Å². The van der Waals surface area contributed by atoms with Crippen LogP contribution in [0.3, 0.4) is 0 Å². The Morgan fingerprint density at radius 2 is 1.85 bits per heavy atom. The van der Waals surface area contributed by atoms with Gasteiger partial charge in [-0.05, 0) is 43.7 Å². The molecule has 0 aromatic carbocycles. The maximum Gasteiger partial charge on any atom is 0.00748 e. The summed E-state index contributed by atoms with van der Waals surface area (Å²) in [7, 11) is 0. The highest BCUT2D eigenvalue weighted by atomic mass is 32.2. The van der Waals surface area contributed by atoms with Crippen molar-refractivity contribution in [2.45, 2.75) is 46.1 Å². The van der Waals surface area contributed by atoms with E-state index in [0.717, 1.165) is 18.5 Å². The van der Waals surface area contributed by atoms with E-state index in [1.165, 1.54) is 25.0 Å². The lowest BCUT2D eigenvalue weighted by Crippen LogP contribution is -2.29. The van der Waals surface area contributed by atoms with E-state index in [-0.39, 0.29) is 0 Å². The van der Waals surface area contributed by atoms with Gasteiger partial charge in [-0.15, -0.1) is 0 Å². The SMILES string of the molecule is CCNC(CCSC)CCC(C)C. The molecule has 0 radical (unpaired) electrons. The fraction of sp³-hybridized carbons (Fsp3) is 1.00. The largest absolute Gasteiger partial charge is 0.314 e. The Morgan fingerprint density at radius 1 is 1.15 bits per heavy atom. The van der Waals surface area contributed by atoms with Crippen LogP contribution in [0.4, 0.5) is 0 Å².